The third-order valence-electron chi connectivity index (χ3n) is 1.55. The summed E-state index contributed by atoms with van der Waals surface area (Å²) in [6, 6.07) is 0. The van der Waals surface area contributed by atoms with Gasteiger partial charge in [-0.3, -0.25) is 0 Å². The van der Waals surface area contributed by atoms with Crippen molar-refractivity contribution in [3.8, 4) is 0 Å². The van der Waals surface area contributed by atoms with Crippen LogP contribution in [0.5, 0.6) is 0 Å². The molecule has 1 unspecified atom stereocenters. The Hall–Kier alpha value is -0.406. The lowest BCUT2D eigenvalue weighted by Gasteiger charge is -2.19. The van der Waals surface area contributed by atoms with Crippen molar-refractivity contribution in [3.63, 3.8) is 0 Å². The van der Waals surface area contributed by atoms with Crippen molar-refractivity contribution >= 4 is 25.6 Å². The third kappa shape index (κ3) is 5.77. The summed E-state index contributed by atoms with van der Waals surface area (Å²) in [5.41, 5.74) is 0. The molecule has 78 valence electrons. The molecule has 1 amide bonds. The molecule has 0 fully saturated rings. The van der Waals surface area contributed by atoms with Crippen LogP contribution in [0.2, 0.25) is 6.55 Å². The molecule has 0 aliphatic heterocycles. The molecular weight excluding hydrogens is 209 g/mol. The van der Waals surface area contributed by atoms with Gasteiger partial charge in [-0.25, -0.2) is 9.18 Å². The summed E-state index contributed by atoms with van der Waals surface area (Å²) in [4.78, 5) is 12.5. The minimum atomic E-state index is -1.24. The fourth-order valence-electron chi connectivity index (χ4n) is 0.771. The molecule has 4 nitrogen and oxygen atoms in total. The molecule has 13 heavy (non-hydrogen) atoms. The molecule has 0 aliphatic carbocycles. The second-order valence-electron chi connectivity index (χ2n) is 2.73. The van der Waals surface area contributed by atoms with Gasteiger partial charge < -0.3 is 13.8 Å². The van der Waals surface area contributed by atoms with Crippen molar-refractivity contribution in [3.05, 3.63) is 0 Å². The van der Waals surface area contributed by atoms with Gasteiger partial charge in [-0.05, 0) is 6.55 Å². The van der Waals surface area contributed by atoms with E-state index in [9.17, 15) is 9.18 Å². The van der Waals surface area contributed by atoms with E-state index in [0.717, 1.165) is 0 Å². The minimum absolute atomic E-state index is 0.166. The maximum Gasteiger partial charge on any atom is 0.409 e. The van der Waals surface area contributed by atoms with Crippen LogP contribution in [0.25, 0.3) is 0 Å². The van der Waals surface area contributed by atoms with Crippen LogP contribution in [-0.4, -0.2) is 57.0 Å². The summed E-state index contributed by atoms with van der Waals surface area (Å²) in [5, 5.41) is 0. The fraction of sp³-hybridized carbons (Fsp3) is 0.833. The van der Waals surface area contributed by atoms with Gasteiger partial charge >= 0.3 is 6.09 Å². The van der Waals surface area contributed by atoms with Gasteiger partial charge in [-0.2, -0.15) is 0 Å². The average molecular weight is 225 g/mol. The Kier molecular flexibility index (Phi) is 6.82. The van der Waals surface area contributed by atoms with E-state index in [1.807, 2.05) is 6.55 Å². The van der Waals surface area contributed by atoms with Crippen LogP contribution in [0.15, 0.2) is 0 Å². The topological polar surface area (TPSA) is 38.8 Å². The monoisotopic (exact) mass is 225 g/mol. The van der Waals surface area contributed by atoms with Crippen LogP contribution in [0, 0.1) is 0 Å². The summed E-state index contributed by atoms with van der Waals surface area (Å²) in [7, 11) is 1.09. The number of carbonyl (C=O) groups is 1. The Morgan fingerprint density at radius 2 is 2.31 bits per heavy atom. The molecular formula is C6H16FNO3Si2. The quantitative estimate of drug-likeness (QED) is 0.576. The Bertz CT molecular complexity index is 161. The molecule has 0 radical (unpaired) electrons. The van der Waals surface area contributed by atoms with Gasteiger partial charge in [0.1, 0.15) is 23.8 Å². The highest BCUT2D eigenvalue weighted by Gasteiger charge is 2.13. The van der Waals surface area contributed by atoms with Crippen LogP contribution < -0.4 is 0 Å². The molecule has 0 N–H and O–H groups in total. The number of ether oxygens (including phenoxy) is 1. The molecule has 0 saturated heterocycles. The van der Waals surface area contributed by atoms with Crippen molar-refractivity contribution in [2.45, 2.75) is 6.55 Å². The number of nitrogens with zero attached hydrogens (tertiary/aromatic N) is 1. The number of halogens is 1. The number of hydrogen-bond acceptors (Lipinski definition) is 3. The van der Waals surface area contributed by atoms with Gasteiger partial charge in [0.15, 0.2) is 9.04 Å². The van der Waals surface area contributed by atoms with E-state index in [1.165, 1.54) is 4.90 Å². The molecule has 0 rings (SSSR count). The molecule has 7 heteroatoms. The highest BCUT2D eigenvalue weighted by molar-refractivity contribution is 6.54. The predicted molar refractivity (Wildman–Crippen MR) is 54.0 cm³/mol. The number of carbonyl (C=O) groups excluding carboxylic acids is 1. The van der Waals surface area contributed by atoms with Crippen LogP contribution in [0.1, 0.15) is 0 Å². The molecule has 0 aromatic heterocycles. The van der Waals surface area contributed by atoms with Crippen molar-refractivity contribution in [1.29, 1.82) is 0 Å². The SMILES string of the molecule is CN(C[SiH](C)O[SiH3])C(=O)OCCF. The number of amides is 1. The van der Waals surface area contributed by atoms with Crippen molar-refractivity contribution in [2.24, 2.45) is 0 Å². The van der Waals surface area contributed by atoms with E-state index in [1.54, 1.807) is 7.05 Å². The summed E-state index contributed by atoms with van der Waals surface area (Å²) in [6.45, 7) is 1.20. The molecule has 0 heterocycles. The second kappa shape index (κ2) is 7.04. The Morgan fingerprint density at radius 3 is 2.77 bits per heavy atom. The zero-order valence-electron chi connectivity index (χ0n) is 8.25. The number of rotatable bonds is 5. The van der Waals surface area contributed by atoms with E-state index < -0.39 is 21.8 Å². The zero-order chi connectivity index (χ0) is 10.3. The lowest BCUT2D eigenvalue weighted by Crippen LogP contribution is -2.37. The molecule has 0 aromatic rings. The van der Waals surface area contributed by atoms with E-state index in [4.69, 9.17) is 4.12 Å². The van der Waals surface area contributed by atoms with Crippen LogP contribution in [0.3, 0.4) is 0 Å². The van der Waals surface area contributed by atoms with E-state index in [-0.39, 0.29) is 6.61 Å². The van der Waals surface area contributed by atoms with Gasteiger partial charge in [-0.1, -0.05) is 0 Å². The van der Waals surface area contributed by atoms with E-state index >= 15 is 0 Å². The van der Waals surface area contributed by atoms with Gasteiger partial charge in [0, 0.05) is 13.2 Å². The Labute approximate surface area is 82.3 Å². The average Bonchev–Trinajstić information content (AvgIpc) is 2.13. The Balaban J connectivity index is 3.68. The molecule has 0 bridgehead atoms. The molecule has 0 spiro atoms. The van der Waals surface area contributed by atoms with Crippen LogP contribution >= 0.6 is 0 Å². The predicted octanol–water partition coefficient (Wildman–Crippen LogP) is -0.786. The lowest BCUT2D eigenvalue weighted by atomic mass is 10.8. The van der Waals surface area contributed by atoms with Crippen LogP contribution in [0.4, 0.5) is 9.18 Å². The first-order valence-electron chi connectivity index (χ1n) is 4.08. The summed E-state index contributed by atoms with van der Waals surface area (Å²) in [5.74, 6) is 0. The summed E-state index contributed by atoms with van der Waals surface area (Å²) < 4.78 is 21.5. The minimum Gasteiger partial charge on any atom is -0.465 e. The smallest absolute Gasteiger partial charge is 0.409 e. The highest BCUT2D eigenvalue weighted by atomic mass is 28.3. The Morgan fingerprint density at radius 1 is 1.69 bits per heavy atom. The zero-order valence-corrected chi connectivity index (χ0v) is 11.4. The van der Waals surface area contributed by atoms with Gasteiger partial charge in [-0.15, -0.1) is 0 Å². The normalized spacial score (nSPS) is 12.5. The van der Waals surface area contributed by atoms with Crippen molar-refractivity contribution in [2.75, 3.05) is 26.5 Å². The first-order valence-corrected chi connectivity index (χ1v) is 7.34. The standard InChI is InChI=1S/C6H16FNO3Si2/c1-8(5-13(2)11-12)6(9)10-4-3-7/h13H,3-5H2,1-2,12H3. The number of alkyl halides is 1. The molecule has 0 aromatic carbocycles. The maximum atomic E-state index is 11.6. The van der Waals surface area contributed by atoms with E-state index in [2.05, 4.69) is 4.74 Å². The molecule has 1 atom stereocenters. The van der Waals surface area contributed by atoms with Gasteiger partial charge in [0.05, 0.1) is 0 Å². The lowest BCUT2D eigenvalue weighted by molar-refractivity contribution is 0.108. The van der Waals surface area contributed by atoms with Crippen LogP contribution in [-0.2, 0) is 8.85 Å². The molecule has 0 aliphatic rings. The second-order valence-corrected chi connectivity index (χ2v) is 6.60. The number of hydrogen-bond donors (Lipinski definition) is 0. The van der Waals surface area contributed by atoms with Crippen molar-refractivity contribution < 1.29 is 18.0 Å². The van der Waals surface area contributed by atoms with Gasteiger partial charge in [0.2, 0.25) is 0 Å². The largest absolute Gasteiger partial charge is 0.465 e. The van der Waals surface area contributed by atoms with E-state index in [0.29, 0.717) is 16.7 Å². The first kappa shape index (κ1) is 12.6. The highest BCUT2D eigenvalue weighted by Crippen LogP contribution is 1.93. The van der Waals surface area contributed by atoms with Crippen molar-refractivity contribution in [1.82, 2.24) is 4.90 Å². The molecule has 0 saturated carbocycles. The third-order valence-corrected chi connectivity index (χ3v) is 5.83. The van der Waals surface area contributed by atoms with Gasteiger partial charge in [0.25, 0.3) is 0 Å². The first-order chi connectivity index (χ1) is 6.11. The maximum absolute atomic E-state index is 11.6. The summed E-state index contributed by atoms with van der Waals surface area (Å²) >= 11 is 0. The summed E-state index contributed by atoms with van der Waals surface area (Å²) in [6.07, 6.45) is 0.130. The fourth-order valence-corrected chi connectivity index (χ4v) is 2.29.